The summed E-state index contributed by atoms with van der Waals surface area (Å²) in [5.74, 6) is -0.158. The van der Waals surface area contributed by atoms with Crippen molar-refractivity contribution in [3.05, 3.63) is 41.5 Å². The van der Waals surface area contributed by atoms with Crippen molar-refractivity contribution in [2.75, 3.05) is 19.6 Å². The Labute approximate surface area is 137 Å². The Bertz CT molecular complexity index is 562. The van der Waals surface area contributed by atoms with Crippen molar-refractivity contribution < 1.29 is 8.78 Å². The smallest absolute Gasteiger partial charge is 0.133 e. The van der Waals surface area contributed by atoms with E-state index in [1.165, 1.54) is 38.2 Å². The summed E-state index contributed by atoms with van der Waals surface area (Å²) in [6, 6.07) is 4.27. The summed E-state index contributed by atoms with van der Waals surface area (Å²) >= 11 is 0. The predicted octanol–water partition coefficient (Wildman–Crippen LogP) is 3.96. The molecule has 1 fully saturated rings. The number of halogens is 2. The number of benzene rings is 1. The molecule has 4 heteroatoms. The minimum absolute atomic E-state index is 0.414. The molecule has 1 saturated carbocycles. The molecule has 0 unspecified atom stereocenters. The number of nitrogens with zero attached hydrogens (tertiary/aromatic N) is 1. The van der Waals surface area contributed by atoms with Crippen molar-refractivity contribution >= 4 is 5.57 Å². The molecule has 0 bridgehead atoms. The third-order valence-electron chi connectivity index (χ3n) is 5.32. The summed E-state index contributed by atoms with van der Waals surface area (Å²) in [4.78, 5) is 2.43. The molecule has 1 aliphatic heterocycles. The maximum absolute atomic E-state index is 13.8. The van der Waals surface area contributed by atoms with Gasteiger partial charge in [-0.3, -0.25) is 4.90 Å². The third-order valence-corrected chi connectivity index (χ3v) is 5.32. The highest BCUT2D eigenvalue weighted by atomic mass is 19.1. The van der Waals surface area contributed by atoms with Crippen molar-refractivity contribution in [1.29, 1.82) is 0 Å². The summed E-state index contributed by atoms with van der Waals surface area (Å²) < 4.78 is 26.9. The zero-order valence-corrected chi connectivity index (χ0v) is 13.6. The van der Waals surface area contributed by atoms with Gasteiger partial charge < -0.3 is 5.73 Å². The minimum Gasteiger partial charge on any atom is -0.328 e. The molecule has 2 N–H and O–H groups in total. The molecule has 1 aromatic carbocycles. The average Bonchev–Trinajstić information content (AvgIpc) is 2.55. The SMILES string of the molecule is NC1CCC(CCN2CC=C(c3ccc(F)cc3F)CC2)CC1. The van der Waals surface area contributed by atoms with Gasteiger partial charge in [-0.1, -0.05) is 6.08 Å². The molecule has 1 heterocycles. The van der Waals surface area contributed by atoms with Crippen LogP contribution in [-0.4, -0.2) is 30.6 Å². The van der Waals surface area contributed by atoms with E-state index < -0.39 is 11.6 Å². The number of hydrogen-bond acceptors (Lipinski definition) is 2. The van der Waals surface area contributed by atoms with Crippen molar-refractivity contribution in [3.8, 4) is 0 Å². The monoisotopic (exact) mass is 320 g/mol. The van der Waals surface area contributed by atoms with Crippen molar-refractivity contribution in [2.24, 2.45) is 11.7 Å². The van der Waals surface area contributed by atoms with Crippen LogP contribution in [0.25, 0.3) is 5.57 Å². The first-order chi connectivity index (χ1) is 11.1. The maximum Gasteiger partial charge on any atom is 0.133 e. The Morgan fingerprint density at radius 1 is 1.13 bits per heavy atom. The van der Waals surface area contributed by atoms with Crippen LogP contribution in [0.4, 0.5) is 8.78 Å². The fourth-order valence-corrected chi connectivity index (χ4v) is 3.75. The minimum atomic E-state index is -0.517. The molecule has 23 heavy (non-hydrogen) atoms. The molecule has 3 rings (SSSR count). The van der Waals surface area contributed by atoms with Gasteiger partial charge in [0.2, 0.25) is 0 Å². The van der Waals surface area contributed by atoms with Gasteiger partial charge >= 0.3 is 0 Å². The Kier molecular flexibility index (Phi) is 5.44. The van der Waals surface area contributed by atoms with Crippen LogP contribution >= 0.6 is 0 Å². The topological polar surface area (TPSA) is 29.3 Å². The van der Waals surface area contributed by atoms with Crippen LogP contribution in [0, 0.1) is 17.6 Å². The van der Waals surface area contributed by atoms with Gasteiger partial charge in [0.15, 0.2) is 0 Å². The van der Waals surface area contributed by atoms with E-state index in [2.05, 4.69) is 11.0 Å². The fraction of sp³-hybridized carbons (Fsp3) is 0.579. The highest BCUT2D eigenvalue weighted by molar-refractivity contribution is 5.67. The Balaban J connectivity index is 1.50. The zero-order chi connectivity index (χ0) is 16.2. The largest absolute Gasteiger partial charge is 0.328 e. The van der Waals surface area contributed by atoms with Crippen LogP contribution in [-0.2, 0) is 0 Å². The molecular formula is C19H26F2N2. The van der Waals surface area contributed by atoms with Crippen LogP contribution in [0.2, 0.25) is 0 Å². The second-order valence-corrected chi connectivity index (χ2v) is 6.97. The molecule has 2 aliphatic rings. The Morgan fingerprint density at radius 2 is 1.91 bits per heavy atom. The van der Waals surface area contributed by atoms with Gasteiger partial charge in [0.1, 0.15) is 11.6 Å². The lowest BCUT2D eigenvalue weighted by Crippen LogP contribution is -2.32. The van der Waals surface area contributed by atoms with E-state index in [4.69, 9.17) is 5.73 Å². The molecule has 2 nitrogen and oxygen atoms in total. The van der Waals surface area contributed by atoms with Gasteiger partial charge in [0.05, 0.1) is 0 Å². The molecule has 0 aromatic heterocycles. The third kappa shape index (κ3) is 4.39. The predicted molar refractivity (Wildman–Crippen MR) is 89.9 cm³/mol. The second kappa shape index (κ2) is 7.54. The van der Waals surface area contributed by atoms with E-state index in [1.807, 2.05) is 0 Å². The summed E-state index contributed by atoms with van der Waals surface area (Å²) in [6.45, 7) is 2.92. The lowest BCUT2D eigenvalue weighted by atomic mass is 9.84. The van der Waals surface area contributed by atoms with Gasteiger partial charge in [0.25, 0.3) is 0 Å². The van der Waals surface area contributed by atoms with E-state index in [1.54, 1.807) is 6.07 Å². The Hall–Kier alpha value is -1.26. The van der Waals surface area contributed by atoms with E-state index in [0.717, 1.165) is 43.6 Å². The van der Waals surface area contributed by atoms with Crippen LogP contribution in [0.5, 0.6) is 0 Å². The molecule has 0 radical (unpaired) electrons. The molecule has 126 valence electrons. The summed E-state index contributed by atoms with van der Waals surface area (Å²) in [5.41, 5.74) is 7.51. The lowest BCUT2D eigenvalue weighted by molar-refractivity contribution is 0.240. The molecule has 0 amide bonds. The standard InChI is InChI=1S/C19H26F2N2/c20-16-3-6-18(19(21)13-16)15-8-11-23(12-9-15)10-7-14-1-4-17(22)5-2-14/h3,6,8,13-14,17H,1-2,4-5,7,9-12,22H2. The first kappa shape index (κ1) is 16.6. The van der Waals surface area contributed by atoms with Gasteiger partial charge in [-0.25, -0.2) is 8.78 Å². The van der Waals surface area contributed by atoms with E-state index >= 15 is 0 Å². The molecular weight excluding hydrogens is 294 g/mol. The van der Waals surface area contributed by atoms with Crippen molar-refractivity contribution in [1.82, 2.24) is 4.90 Å². The first-order valence-corrected chi connectivity index (χ1v) is 8.74. The molecule has 0 saturated heterocycles. The van der Waals surface area contributed by atoms with Gasteiger partial charge in [-0.15, -0.1) is 0 Å². The van der Waals surface area contributed by atoms with E-state index in [0.29, 0.717) is 11.6 Å². The van der Waals surface area contributed by atoms with Gasteiger partial charge in [-0.05, 0) is 68.7 Å². The van der Waals surface area contributed by atoms with Gasteiger partial charge in [0, 0.05) is 30.8 Å². The summed E-state index contributed by atoms with van der Waals surface area (Å²) in [7, 11) is 0. The number of nitrogens with two attached hydrogens (primary N) is 1. The van der Waals surface area contributed by atoms with Crippen molar-refractivity contribution in [3.63, 3.8) is 0 Å². The maximum atomic E-state index is 13.8. The lowest BCUT2D eigenvalue weighted by Gasteiger charge is -2.30. The number of hydrogen-bond donors (Lipinski definition) is 1. The van der Waals surface area contributed by atoms with Crippen LogP contribution in [0.15, 0.2) is 24.3 Å². The summed E-state index contributed by atoms with van der Waals surface area (Å²) in [6.07, 6.45) is 9.01. The van der Waals surface area contributed by atoms with Crippen LogP contribution in [0.1, 0.15) is 44.1 Å². The normalized spacial score (nSPS) is 26.1. The second-order valence-electron chi connectivity index (χ2n) is 6.97. The molecule has 1 aliphatic carbocycles. The van der Waals surface area contributed by atoms with Crippen LogP contribution in [0.3, 0.4) is 0 Å². The van der Waals surface area contributed by atoms with Crippen molar-refractivity contribution in [2.45, 2.75) is 44.6 Å². The first-order valence-electron chi connectivity index (χ1n) is 8.74. The number of rotatable bonds is 4. The fourth-order valence-electron chi connectivity index (χ4n) is 3.75. The Morgan fingerprint density at radius 3 is 2.57 bits per heavy atom. The average molecular weight is 320 g/mol. The quantitative estimate of drug-likeness (QED) is 0.910. The van der Waals surface area contributed by atoms with E-state index in [-0.39, 0.29) is 0 Å². The molecule has 1 aromatic rings. The molecule has 0 spiro atoms. The summed E-state index contributed by atoms with van der Waals surface area (Å²) in [5, 5.41) is 0. The molecule has 0 atom stereocenters. The van der Waals surface area contributed by atoms with Gasteiger partial charge in [-0.2, -0.15) is 0 Å². The highest BCUT2D eigenvalue weighted by Gasteiger charge is 2.20. The van der Waals surface area contributed by atoms with E-state index in [9.17, 15) is 8.78 Å². The zero-order valence-electron chi connectivity index (χ0n) is 13.6. The van der Waals surface area contributed by atoms with Crippen LogP contribution < -0.4 is 5.73 Å². The highest BCUT2D eigenvalue weighted by Crippen LogP contribution is 2.28.